The first-order valence-electron chi connectivity index (χ1n) is 5.18. The van der Waals surface area contributed by atoms with Crippen molar-refractivity contribution in [3.05, 3.63) is 29.3 Å². The number of nitrogens with one attached hydrogen (secondary N) is 1. The predicted molar refractivity (Wildman–Crippen MR) is 63.4 cm³/mol. The average Bonchev–Trinajstić information content (AvgIpc) is 2.25. The fraction of sp³-hybridized carbons (Fsp3) is 0.417. The summed E-state index contributed by atoms with van der Waals surface area (Å²) in [6, 6.07) is 6.28. The molecule has 0 saturated heterocycles. The monoisotopic (exact) mass is 203 g/mol. The summed E-state index contributed by atoms with van der Waals surface area (Å²) in [7, 11) is 0. The molecule has 3 N–H and O–H groups in total. The molecular formula is C12H17N3. The number of rotatable bonds is 0. The Morgan fingerprint density at radius 1 is 1.40 bits per heavy atom. The fourth-order valence-electron chi connectivity index (χ4n) is 1.60. The van der Waals surface area contributed by atoms with Crippen molar-refractivity contribution < 1.29 is 0 Å². The molecule has 80 valence electrons. The van der Waals surface area contributed by atoms with Crippen LogP contribution >= 0.6 is 0 Å². The number of benzene rings is 1. The van der Waals surface area contributed by atoms with E-state index in [0.29, 0.717) is 5.84 Å². The van der Waals surface area contributed by atoms with Crippen LogP contribution in [0.2, 0.25) is 0 Å². The topological polar surface area (TPSA) is 50.4 Å². The Morgan fingerprint density at radius 2 is 2.13 bits per heavy atom. The molecular weight excluding hydrogens is 186 g/mol. The first kappa shape index (κ1) is 10.2. The van der Waals surface area contributed by atoms with Gasteiger partial charge in [-0.05, 0) is 38.0 Å². The van der Waals surface area contributed by atoms with Crippen LogP contribution in [0.25, 0.3) is 0 Å². The number of aliphatic imine (C=N–C) groups is 1. The molecule has 0 fully saturated rings. The molecule has 0 amide bonds. The van der Waals surface area contributed by atoms with Crippen LogP contribution in [0.4, 0.5) is 5.69 Å². The Kier molecular flexibility index (Phi) is 2.27. The van der Waals surface area contributed by atoms with Gasteiger partial charge in [-0.1, -0.05) is 12.1 Å². The zero-order valence-electron chi connectivity index (χ0n) is 9.46. The highest BCUT2D eigenvalue weighted by Gasteiger charge is 2.25. The van der Waals surface area contributed by atoms with Crippen LogP contribution in [-0.2, 0) is 6.54 Å². The summed E-state index contributed by atoms with van der Waals surface area (Å²) < 4.78 is 0. The van der Waals surface area contributed by atoms with Gasteiger partial charge in [0.1, 0.15) is 5.84 Å². The van der Waals surface area contributed by atoms with E-state index in [9.17, 15) is 0 Å². The minimum atomic E-state index is -0.229. The maximum absolute atomic E-state index is 5.96. The highest BCUT2D eigenvalue weighted by molar-refractivity contribution is 5.92. The fourth-order valence-corrected chi connectivity index (χ4v) is 1.60. The maximum atomic E-state index is 5.96. The zero-order chi connectivity index (χ0) is 11.1. The van der Waals surface area contributed by atoms with E-state index in [0.717, 1.165) is 12.2 Å². The van der Waals surface area contributed by atoms with Gasteiger partial charge in [0.2, 0.25) is 0 Å². The van der Waals surface area contributed by atoms with Gasteiger partial charge in [0, 0.05) is 6.54 Å². The largest absolute Gasteiger partial charge is 0.386 e. The molecule has 0 aliphatic carbocycles. The van der Waals surface area contributed by atoms with Gasteiger partial charge in [-0.25, -0.2) is 4.99 Å². The molecule has 0 bridgehead atoms. The maximum Gasteiger partial charge on any atom is 0.119 e. The molecule has 0 radical (unpaired) electrons. The Hall–Kier alpha value is -1.35. The van der Waals surface area contributed by atoms with Gasteiger partial charge >= 0.3 is 0 Å². The van der Waals surface area contributed by atoms with E-state index < -0.39 is 0 Å². The Balaban J connectivity index is 2.51. The third-order valence-electron chi connectivity index (χ3n) is 2.84. The van der Waals surface area contributed by atoms with Gasteiger partial charge in [0.05, 0.1) is 11.2 Å². The van der Waals surface area contributed by atoms with E-state index in [1.54, 1.807) is 0 Å². The van der Waals surface area contributed by atoms with Crippen LogP contribution in [-0.4, -0.2) is 11.4 Å². The van der Waals surface area contributed by atoms with E-state index in [4.69, 9.17) is 5.73 Å². The standard InChI is InChI=1S/C12H17N3/c1-8-4-5-9-7-14-12(2,3)11(13)15-10(9)6-8/h4-6,14H,7H2,1-3H3,(H2,13,15). The van der Waals surface area contributed by atoms with Gasteiger partial charge in [-0.3, -0.25) is 0 Å². The van der Waals surface area contributed by atoms with Crippen molar-refractivity contribution in [1.29, 1.82) is 0 Å². The average molecular weight is 203 g/mol. The molecule has 1 aliphatic heterocycles. The summed E-state index contributed by atoms with van der Waals surface area (Å²) in [5.41, 5.74) is 9.14. The Bertz CT molecular complexity index is 419. The highest BCUT2D eigenvalue weighted by atomic mass is 15.1. The lowest BCUT2D eigenvalue weighted by molar-refractivity contribution is 0.506. The second-order valence-corrected chi connectivity index (χ2v) is 4.61. The lowest BCUT2D eigenvalue weighted by Gasteiger charge is -2.23. The molecule has 3 nitrogen and oxygen atoms in total. The summed E-state index contributed by atoms with van der Waals surface area (Å²) in [4.78, 5) is 4.49. The highest BCUT2D eigenvalue weighted by Crippen LogP contribution is 2.25. The summed E-state index contributed by atoms with van der Waals surface area (Å²) in [6.45, 7) is 6.97. The second-order valence-electron chi connectivity index (χ2n) is 4.61. The molecule has 1 aromatic rings. The minimum absolute atomic E-state index is 0.229. The first-order valence-corrected chi connectivity index (χ1v) is 5.18. The molecule has 15 heavy (non-hydrogen) atoms. The molecule has 1 aliphatic rings. The molecule has 1 heterocycles. The van der Waals surface area contributed by atoms with Gasteiger partial charge in [0.25, 0.3) is 0 Å². The van der Waals surface area contributed by atoms with E-state index in [1.807, 2.05) is 13.8 Å². The number of hydrogen-bond acceptors (Lipinski definition) is 3. The predicted octanol–water partition coefficient (Wildman–Crippen LogP) is 1.87. The quantitative estimate of drug-likeness (QED) is 0.676. The smallest absolute Gasteiger partial charge is 0.119 e. The SMILES string of the molecule is Cc1ccc2c(c1)N=C(N)C(C)(C)NC2. The molecule has 3 heteroatoms. The van der Waals surface area contributed by atoms with Gasteiger partial charge in [0.15, 0.2) is 0 Å². The molecule has 0 atom stereocenters. The van der Waals surface area contributed by atoms with Crippen molar-refractivity contribution in [2.75, 3.05) is 0 Å². The van der Waals surface area contributed by atoms with E-state index in [-0.39, 0.29) is 5.54 Å². The van der Waals surface area contributed by atoms with Crippen LogP contribution in [0.3, 0.4) is 0 Å². The third-order valence-corrected chi connectivity index (χ3v) is 2.84. The minimum Gasteiger partial charge on any atom is -0.386 e. The van der Waals surface area contributed by atoms with E-state index in [1.165, 1.54) is 11.1 Å². The Labute approximate surface area is 90.4 Å². The van der Waals surface area contributed by atoms with E-state index in [2.05, 4.69) is 35.4 Å². The number of aryl methyl sites for hydroxylation is 1. The van der Waals surface area contributed by atoms with Crippen molar-refractivity contribution in [3.8, 4) is 0 Å². The van der Waals surface area contributed by atoms with Crippen LogP contribution in [0.5, 0.6) is 0 Å². The molecule has 1 aromatic carbocycles. The lowest BCUT2D eigenvalue weighted by atomic mass is 10.0. The van der Waals surface area contributed by atoms with Crippen molar-refractivity contribution in [3.63, 3.8) is 0 Å². The van der Waals surface area contributed by atoms with Crippen molar-refractivity contribution in [2.24, 2.45) is 10.7 Å². The number of nitrogens with two attached hydrogens (primary N) is 1. The first-order chi connectivity index (χ1) is 6.99. The molecule has 0 saturated carbocycles. The van der Waals surface area contributed by atoms with Gasteiger partial charge in [-0.2, -0.15) is 0 Å². The summed E-state index contributed by atoms with van der Waals surface area (Å²) in [6.07, 6.45) is 0. The summed E-state index contributed by atoms with van der Waals surface area (Å²) >= 11 is 0. The number of nitrogens with zero attached hydrogens (tertiary/aromatic N) is 1. The van der Waals surface area contributed by atoms with E-state index >= 15 is 0 Å². The number of hydrogen-bond donors (Lipinski definition) is 2. The van der Waals surface area contributed by atoms with Crippen molar-refractivity contribution in [1.82, 2.24) is 5.32 Å². The lowest BCUT2D eigenvalue weighted by Crippen LogP contribution is -2.49. The van der Waals surface area contributed by atoms with Crippen LogP contribution < -0.4 is 11.1 Å². The molecule has 0 unspecified atom stereocenters. The van der Waals surface area contributed by atoms with Gasteiger partial charge < -0.3 is 11.1 Å². The van der Waals surface area contributed by atoms with Crippen molar-refractivity contribution >= 4 is 11.5 Å². The second kappa shape index (κ2) is 3.35. The van der Waals surface area contributed by atoms with Gasteiger partial charge in [-0.15, -0.1) is 0 Å². The van der Waals surface area contributed by atoms with Crippen LogP contribution in [0, 0.1) is 6.92 Å². The zero-order valence-corrected chi connectivity index (χ0v) is 9.46. The molecule has 2 rings (SSSR count). The summed E-state index contributed by atoms with van der Waals surface area (Å²) in [5.74, 6) is 0.645. The normalized spacial score (nSPS) is 19.0. The van der Waals surface area contributed by atoms with Crippen LogP contribution in [0.1, 0.15) is 25.0 Å². The Morgan fingerprint density at radius 3 is 2.87 bits per heavy atom. The number of fused-ring (bicyclic) bond motifs is 1. The van der Waals surface area contributed by atoms with Crippen LogP contribution in [0.15, 0.2) is 23.2 Å². The third kappa shape index (κ3) is 1.88. The molecule has 0 aromatic heterocycles. The summed E-state index contributed by atoms with van der Waals surface area (Å²) in [5, 5.41) is 3.39. The van der Waals surface area contributed by atoms with Crippen molar-refractivity contribution in [2.45, 2.75) is 32.9 Å². The molecule has 0 spiro atoms. The number of amidine groups is 1.